The topological polar surface area (TPSA) is 78.6 Å². The highest BCUT2D eigenvalue weighted by Crippen LogP contribution is 2.46. The van der Waals surface area contributed by atoms with Gasteiger partial charge in [0.25, 0.3) is 0 Å². The van der Waals surface area contributed by atoms with E-state index in [0.29, 0.717) is 17.6 Å². The zero-order valence-corrected chi connectivity index (χ0v) is 15.2. The smallest absolute Gasteiger partial charge is 0.349 e. The lowest BCUT2D eigenvalue weighted by Crippen LogP contribution is -2.24. The Hall–Kier alpha value is -1.59. The van der Waals surface area contributed by atoms with E-state index in [-0.39, 0.29) is 24.9 Å². The van der Waals surface area contributed by atoms with Crippen LogP contribution in [0.2, 0.25) is 0 Å². The molecule has 0 unspecified atom stereocenters. The Morgan fingerprint density at radius 2 is 1.79 bits per heavy atom. The summed E-state index contributed by atoms with van der Waals surface area (Å²) in [5.41, 5.74) is 7.20. The molecule has 5 nitrogen and oxygen atoms in total. The average molecular weight is 356 g/mol. The first kappa shape index (κ1) is 20.5. The van der Waals surface area contributed by atoms with Crippen molar-refractivity contribution in [3.63, 3.8) is 0 Å². The number of hydrogen-bond acceptors (Lipinski definition) is 5. The SMILES string of the molecule is CC(C)c1cccc([C@H](C)C2CC2)c1OC(=O)COC(=O)CN.Cl. The van der Waals surface area contributed by atoms with E-state index in [0.717, 1.165) is 11.1 Å². The lowest BCUT2D eigenvalue weighted by Gasteiger charge is -2.20. The molecule has 2 rings (SSSR count). The minimum atomic E-state index is -0.620. The molecule has 0 heterocycles. The fraction of sp³-hybridized carbons (Fsp3) is 0.556. The van der Waals surface area contributed by atoms with E-state index in [1.165, 1.54) is 12.8 Å². The Morgan fingerprint density at radius 3 is 2.33 bits per heavy atom. The van der Waals surface area contributed by atoms with Gasteiger partial charge in [0.05, 0.1) is 6.54 Å². The maximum absolute atomic E-state index is 12.0. The van der Waals surface area contributed by atoms with E-state index >= 15 is 0 Å². The summed E-state index contributed by atoms with van der Waals surface area (Å²) in [5, 5.41) is 0. The van der Waals surface area contributed by atoms with E-state index in [4.69, 9.17) is 15.2 Å². The number of nitrogens with two attached hydrogens (primary N) is 1. The highest BCUT2D eigenvalue weighted by Gasteiger charge is 2.32. The maximum atomic E-state index is 12.0. The third kappa shape index (κ3) is 5.21. The molecule has 1 aromatic rings. The third-order valence-corrected chi connectivity index (χ3v) is 4.25. The van der Waals surface area contributed by atoms with E-state index < -0.39 is 18.5 Å². The van der Waals surface area contributed by atoms with E-state index in [1.807, 2.05) is 18.2 Å². The van der Waals surface area contributed by atoms with Gasteiger partial charge in [-0.3, -0.25) is 4.79 Å². The molecule has 134 valence electrons. The number of carbonyl (C=O) groups excluding carboxylic acids is 2. The lowest BCUT2D eigenvalue weighted by atomic mass is 9.90. The molecule has 0 radical (unpaired) electrons. The largest absolute Gasteiger partial charge is 0.453 e. The Morgan fingerprint density at radius 1 is 1.17 bits per heavy atom. The van der Waals surface area contributed by atoms with Gasteiger partial charge in [0.1, 0.15) is 5.75 Å². The summed E-state index contributed by atoms with van der Waals surface area (Å²) in [6, 6.07) is 6.00. The predicted molar refractivity (Wildman–Crippen MR) is 94.6 cm³/mol. The van der Waals surface area contributed by atoms with Gasteiger partial charge < -0.3 is 15.2 Å². The van der Waals surface area contributed by atoms with Crippen LogP contribution in [0, 0.1) is 5.92 Å². The third-order valence-electron chi connectivity index (χ3n) is 4.25. The van der Waals surface area contributed by atoms with Crippen molar-refractivity contribution < 1.29 is 19.1 Å². The second kappa shape index (κ2) is 9.04. The fourth-order valence-corrected chi connectivity index (χ4v) is 2.70. The second-order valence-corrected chi connectivity index (χ2v) is 6.39. The first-order valence-corrected chi connectivity index (χ1v) is 8.13. The van der Waals surface area contributed by atoms with Crippen LogP contribution in [0.15, 0.2) is 18.2 Å². The van der Waals surface area contributed by atoms with Crippen LogP contribution in [-0.4, -0.2) is 25.1 Å². The van der Waals surface area contributed by atoms with Gasteiger partial charge in [-0.2, -0.15) is 0 Å². The van der Waals surface area contributed by atoms with Gasteiger partial charge in [-0.05, 0) is 41.7 Å². The predicted octanol–water partition coefficient (Wildman–Crippen LogP) is 3.15. The molecule has 0 bridgehead atoms. The summed E-state index contributed by atoms with van der Waals surface area (Å²) in [4.78, 5) is 23.1. The Labute approximate surface area is 149 Å². The van der Waals surface area contributed by atoms with Crippen molar-refractivity contribution in [2.45, 2.75) is 45.4 Å². The standard InChI is InChI=1S/C18H25NO4.ClH/c1-11(2)14-5-4-6-15(12(3)13-7-8-13)18(14)23-17(21)10-22-16(20)9-19;/h4-6,11-13H,7-10,19H2,1-3H3;1H/t12-;/m1./s1. The molecule has 0 amide bonds. The summed E-state index contributed by atoms with van der Waals surface area (Å²) in [5.74, 6) is 0.661. The molecular formula is C18H26ClNO4. The van der Waals surface area contributed by atoms with Crippen molar-refractivity contribution in [3.05, 3.63) is 29.3 Å². The van der Waals surface area contributed by atoms with Crippen molar-refractivity contribution in [2.24, 2.45) is 11.7 Å². The summed E-state index contributed by atoms with van der Waals surface area (Å²) < 4.78 is 10.3. The second-order valence-electron chi connectivity index (χ2n) is 6.39. The lowest BCUT2D eigenvalue weighted by molar-refractivity contribution is -0.152. The summed E-state index contributed by atoms with van der Waals surface area (Å²) in [7, 11) is 0. The van der Waals surface area contributed by atoms with Crippen LogP contribution >= 0.6 is 12.4 Å². The highest BCUT2D eigenvalue weighted by atomic mass is 35.5. The number of rotatable bonds is 7. The van der Waals surface area contributed by atoms with E-state index in [9.17, 15) is 9.59 Å². The molecule has 0 aromatic heterocycles. The van der Waals surface area contributed by atoms with Crippen molar-refractivity contribution >= 4 is 24.3 Å². The van der Waals surface area contributed by atoms with Crippen LogP contribution in [0.3, 0.4) is 0 Å². The summed E-state index contributed by atoms with van der Waals surface area (Å²) >= 11 is 0. The Bertz CT molecular complexity index is 584. The molecule has 1 aliphatic rings. The molecule has 1 atom stereocenters. The van der Waals surface area contributed by atoms with Crippen LogP contribution in [0.4, 0.5) is 0 Å². The average Bonchev–Trinajstić information content (AvgIpc) is 3.36. The molecule has 0 saturated heterocycles. The van der Waals surface area contributed by atoms with Gasteiger partial charge in [-0.15, -0.1) is 12.4 Å². The molecule has 1 aliphatic carbocycles. The molecule has 24 heavy (non-hydrogen) atoms. The minimum absolute atomic E-state index is 0. The molecule has 0 aliphatic heterocycles. The van der Waals surface area contributed by atoms with Crippen LogP contribution in [0.5, 0.6) is 5.75 Å². The van der Waals surface area contributed by atoms with E-state index in [1.54, 1.807) is 0 Å². The number of carbonyl (C=O) groups is 2. The Kier molecular flexibility index (Phi) is 7.70. The first-order chi connectivity index (χ1) is 10.9. The molecule has 6 heteroatoms. The van der Waals surface area contributed by atoms with Crippen LogP contribution in [0.25, 0.3) is 0 Å². The number of ether oxygens (including phenoxy) is 2. The van der Waals surface area contributed by atoms with Gasteiger partial charge in [0.15, 0.2) is 6.61 Å². The normalized spacial score (nSPS) is 14.7. The minimum Gasteiger partial charge on any atom is -0.453 e. The quantitative estimate of drug-likeness (QED) is 0.600. The number of halogens is 1. The number of para-hydroxylation sites is 1. The zero-order chi connectivity index (χ0) is 17.0. The van der Waals surface area contributed by atoms with Gasteiger partial charge in [0.2, 0.25) is 0 Å². The molecule has 0 spiro atoms. The molecule has 2 N–H and O–H groups in total. The van der Waals surface area contributed by atoms with Crippen molar-refractivity contribution in [1.29, 1.82) is 0 Å². The van der Waals surface area contributed by atoms with Crippen LogP contribution in [-0.2, 0) is 14.3 Å². The molecule has 1 fully saturated rings. The molecular weight excluding hydrogens is 330 g/mol. The molecule has 1 saturated carbocycles. The van der Waals surface area contributed by atoms with Crippen molar-refractivity contribution in [1.82, 2.24) is 0 Å². The summed E-state index contributed by atoms with van der Waals surface area (Å²) in [6.45, 7) is 5.63. The molecule has 1 aromatic carbocycles. The summed E-state index contributed by atoms with van der Waals surface area (Å²) in [6.07, 6.45) is 2.43. The van der Waals surface area contributed by atoms with Gasteiger partial charge in [-0.25, -0.2) is 4.79 Å². The number of esters is 2. The zero-order valence-electron chi connectivity index (χ0n) is 14.4. The van der Waals surface area contributed by atoms with Crippen LogP contribution < -0.4 is 10.5 Å². The van der Waals surface area contributed by atoms with Crippen LogP contribution in [0.1, 0.15) is 56.6 Å². The van der Waals surface area contributed by atoms with Crippen molar-refractivity contribution in [3.8, 4) is 5.75 Å². The fourth-order valence-electron chi connectivity index (χ4n) is 2.70. The van der Waals surface area contributed by atoms with Gasteiger partial charge >= 0.3 is 11.9 Å². The van der Waals surface area contributed by atoms with E-state index in [2.05, 4.69) is 20.8 Å². The van der Waals surface area contributed by atoms with Crippen molar-refractivity contribution in [2.75, 3.05) is 13.2 Å². The monoisotopic (exact) mass is 355 g/mol. The first-order valence-electron chi connectivity index (χ1n) is 8.13. The Balaban J connectivity index is 0.00000288. The number of hydrogen-bond donors (Lipinski definition) is 1. The maximum Gasteiger partial charge on any atom is 0.349 e. The van der Waals surface area contributed by atoms with Gasteiger partial charge in [0, 0.05) is 0 Å². The highest BCUT2D eigenvalue weighted by molar-refractivity contribution is 5.85. The van der Waals surface area contributed by atoms with Gasteiger partial charge in [-0.1, -0.05) is 39.0 Å². The number of benzene rings is 1.